The van der Waals surface area contributed by atoms with Gasteiger partial charge in [0.15, 0.2) is 0 Å². The summed E-state index contributed by atoms with van der Waals surface area (Å²) < 4.78 is 74.1. The zero-order valence-corrected chi connectivity index (χ0v) is 18.8. The molecule has 0 unspecified atom stereocenters. The lowest BCUT2D eigenvalue weighted by Gasteiger charge is -2.26. The predicted molar refractivity (Wildman–Crippen MR) is 120 cm³/mol. The van der Waals surface area contributed by atoms with Crippen LogP contribution in [0, 0.1) is 0 Å². The first-order valence-electron chi connectivity index (χ1n) is 10.1. The molecule has 1 N–H and O–H groups in total. The van der Waals surface area contributed by atoms with Gasteiger partial charge < -0.3 is 14.8 Å². The van der Waals surface area contributed by atoms with Crippen molar-refractivity contribution in [1.82, 2.24) is 0 Å². The summed E-state index contributed by atoms with van der Waals surface area (Å²) in [6.45, 7) is 1.41. The Hall–Kier alpha value is -3.73. The van der Waals surface area contributed by atoms with E-state index in [0.29, 0.717) is 0 Å². The largest absolute Gasteiger partial charge is 0.573 e. The van der Waals surface area contributed by atoms with Gasteiger partial charge in [-0.1, -0.05) is 30.3 Å². The number of hydrogen-bond acceptors (Lipinski definition) is 5. The van der Waals surface area contributed by atoms with Gasteiger partial charge in [-0.25, -0.2) is 8.42 Å². The average Bonchev–Trinajstić information content (AvgIpc) is 2.79. The van der Waals surface area contributed by atoms with E-state index < -0.39 is 34.6 Å². The molecule has 0 bridgehead atoms. The maximum Gasteiger partial charge on any atom is 0.573 e. The second-order valence-corrected chi connectivity index (χ2v) is 8.71. The molecular formula is C23H21F3N2O5S. The molecule has 0 aliphatic heterocycles. The Morgan fingerprint density at radius 1 is 0.941 bits per heavy atom. The number of anilines is 2. The minimum absolute atomic E-state index is 0.0252. The Kier molecular flexibility index (Phi) is 7.67. The second-order valence-electron chi connectivity index (χ2n) is 6.85. The molecule has 3 aromatic carbocycles. The Balaban J connectivity index is 1.88. The molecule has 180 valence electrons. The molecule has 0 aliphatic carbocycles. The topological polar surface area (TPSA) is 84.9 Å². The van der Waals surface area contributed by atoms with Crippen molar-refractivity contribution in [2.24, 2.45) is 0 Å². The van der Waals surface area contributed by atoms with Gasteiger partial charge in [-0.2, -0.15) is 0 Å². The number of nitrogens with zero attached hydrogens (tertiary/aromatic N) is 1. The summed E-state index contributed by atoms with van der Waals surface area (Å²) in [6, 6.07) is 18.5. The van der Waals surface area contributed by atoms with E-state index in [1.807, 2.05) is 0 Å². The van der Waals surface area contributed by atoms with Crippen molar-refractivity contribution in [2.45, 2.75) is 18.2 Å². The molecular weight excluding hydrogens is 473 g/mol. The smallest absolute Gasteiger partial charge is 0.492 e. The van der Waals surface area contributed by atoms with Crippen LogP contribution in [0.25, 0.3) is 0 Å². The highest BCUT2D eigenvalue weighted by Crippen LogP contribution is 2.32. The first-order valence-corrected chi connectivity index (χ1v) is 11.5. The lowest BCUT2D eigenvalue weighted by atomic mass is 10.3. The van der Waals surface area contributed by atoms with Crippen molar-refractivity contribution in [3.8, 4) is 11.5 Å². The molecule has 34 heavy (non-hydrogen) atoms. The highest BCUT2D eigenvalue weighted by atomic mass is 32.2. The molecule has 0 aliphatic rings. The fraction of sp³-hybridized carbons (Fsp3) is 0.174. The number of nitrogens with one attached hydrogen (secondary N) is 1. The highest BCUT2D eigenvalue weighted by Gasteiger charge is 2.31. The minimum atomic E-state index is -4.84. The van der Waals surface area contributed by atoms with Crippen molar-refractivity contribution < 1.29 is 35.9 Å². The van der Waals surface area contributed by atoms with E-state index in [2.05, 4.69) is 10.1 Å². The molecule has 3 aromatic rings. The summed E-state index contributed by atoms with van der Waals surface area (Å²) in [4.78, 5) is 12.8. The Bertz CT molecular complexity index is 1220. The van der Waals surface area contributed by atoms with Gasteiger partial charge in [0.25, 0.3) is 10.0 Å². The molecule has 0 radical (unpaired) electrons. The zero-order chi connectivity index (χ0) is 24.8. The molecule has 0 heterocycles. The zero-order valence-electron chi connectivity index (χ0n) is 18.0. The van der Waals surface area contributed by atoms with Crippen molar-refractivity contribution >= 4 is 27.3 Å². The first kappa shape index (κ1) is 24.9. The molecule has 0 aromatic heterocycles. The van der Waals surface area contributed by atoms with E-state index in [1.54, 1.807) is 43.3 Å². The number of para-hydroxylation sites is 2. The molecule has 11 heteroatoms. The number of carbonyl (C=O) groups excluding carboxylic acids is 1. The highest BCUT2D eigenvalue weighted by molar-refractivity contribution is 7.92. The van der Waals surface area contributed by atoms with Crippen LogP contribution < -0.4 is 19.1 Å². The van der Waals surface area contributed by atoms with E-state index in [-0.39, 0.29) is 28.6 Å². The maximum absolute atomic E-state index is 13.4. The van der Waals surface area contributed by atoms with Crippen LogP contribution in [0.3, 0.4) is 0 Å². The molecule has 1 amide bonds. The number of ether oxygens (including phenoxy) is 2. The van der Waals surface area contributed by atoms with Gasteiger partial charge >= 0.3 is 6.36 Å². The number of sulfonamides is 1. The number of alkyl halides is 3. The molecule has 3 rings (SSSR count). The van der Waals surface area contributed by atoms with E-state index in [9.17, 15) is 26.4 Å². The fourth-order valence-electron chi connectivity index (χ4n) is 3.03. The van der Waals surface area contributed by atoms with Gasteiger partial charge in [-0.05, 0) is 55.5 Å². The van der Waals surface area contributed by atoms with E-state index in [4.69, 9.17) is 4.74 Å². The molecule has 0 saturated heterocycles. The van der Waals surface area contributed by atoms with E-state index >= 15 is 0 Å². The normalized spacial score (nSPS) is 11.5. The number of halogens is 3. The monoisotopic (exact) mass is 494 g/mol. The Labute approximate surface area is 194 Å². The van der Waals surface area contributed by atoms with Gasteiger partial charge in [0.05, 0.1) is 17.2 Å². The number of carbonyl (C=O) groups is 1. The minimum Gasteiger partial charge on any atom is -0.492 e. The SMILES string of the molecule is CCOc1ccccc1N(CC(=O)Nc1ccc(OC(F)(F)F)cc1)S(=O)(=O)c1ccccc1. The first-order chi connectivity index (χ1) is 16.1. The van der Waals surface area contributed by atoms with Crippen LogP contribution in [0.5, 0.6) is 11.5 Å². The van der Waals surface area contributed by atoms with E-state index in [0.717, 1.165) is 16.4 Å². The summed E-state index contributed by atoms with van der Waals surface area (Å²) in [5, 5.41) is 2.48. The van der Waals surface area contributed by atoms with Gasteiger partial charge in [0.1, 0.15) is 18.0 Å². The van der Waals surface area contributed by atoms with Crippen LogP contribution >= 0.6 is 0 Å². The molecule has 0 atom stereocenters. The number of amides is 1. The second kappa shape index (κ2) is 10.5. The van der Waals surface area contributed by atoms with E-state index in [1.165, 1.54) is 30.3 Å². The summed E-state index contributed by atoms with van der Waals surface area (Å²) in [5.74, 6) is -0.898. The number of benzene rings is 3. The van der Waals surface area contributed by atoms with Crippen molar-refractivity contribution in [1.29, 1.82) is 0 Å². The third kappa shape index (κ3) is 6.41. The lowest BCUT2D eigenvalue weighted by molar-refractivity contribution is -0.274. The van der Waals surface area contributed by atoms with Crippen LogP contribution in [0.4, 0.5) is 24.5 Å². The van der Waals surface area contributed by atoms with Crippen LogP contribution in [-0.4, -0.2) is 33.8 Å². The Morgan fingerprint density at radius 2 is 1.56 bits per heavy atom. The molecule has 7 nitrogen and oxygen atoms in total. The number of rotatable bonds is 9. The molecule has 0 spiro atoms. The summed E-state index contributed by atoms with van der Waals surface area (Å²) in [7, 11) is -4.16. The van der Waals surface area contributed by atoms with Crippen molar-refractivity contribution in [2.75, 3.05) is 22.8 Å². The quantitative estimate of drug-likeness (QED) is 0.461. The summed E-state index contributed by atoms with van der Waals surface area (Å²) in [5.41, 5.74) is 0.326. The standard InChI is InChI=1S/C23H21F3N2O5S/c1-2-32-21-11-7-6-10-20(21)28(34(30,31)19-8-4-3-5-9-19)16-22(29)27-17-12-14-18(15-13-17)33-23(24,25)26/h3-15H,2,16H2,1H3,(H,27,29). The van der Waals surface area contributed by atoms with Crippen LogP contribution in [-0.2, 0) is 14.8 Å². The van der Waals surface area contributed by atoms with Gasteiger partial charge in [-0.3, -0.25) is 9.10 Å². The molecule has 0 saturated carbocycles. The summed E-state index contributed by atoms with van der Waals surface area (Å²) in [6.07, 6.45) is -4.84. The van der Waals surface area contributed by atoms with Gasteiger partial charge in [0.2, 0.25) is 5.91 Å². The fourth-order valence-corrected chi connectivity index (χ4v) is 4.48. The molecule has 0 fully saturated rings. The van der Waals surface area contributed by atoms with Gasteiger partial charge in [-0.15, -0.1) is 13.2 Å². The lowest BCUT2D eigenvalue weighted by Crippen LogP contribution is -2.38. The van der Waals surface area contributed by atoms with Crippen molar-refractivity contribution in [3.05, 3.63) is 78.9 Å². The predicted octanol–water partition coefficient (Wildman–Crippen LogP) is 4.82. The third-order valence-corrected chi connectivity index (χ3v) is 6.20. The average molecular weight is 494 g/mol. The third-order valence-electron chi connectivity index (χ3n) is 4.42. The summed E-state index contributed by atoms with van der Waals surface area (Å²) >= 11 is 0. The van der Waals surface area contributed by atoms with Crippen LogP contribution in [0.2, 0.25) is 0 Å². The van der Waals surface area contributed by atoms with Crippen LogP contribution in [0.1, 0.15) is 6.92 Å². The maximum atomic E-state index is 13.4. The number of hydrogen-bond donors (Lipinski definition) is 1. The van der Waals surface area contributed by atoms with Crippen LogP contribution in [0.15, 0.2) is 83.8 Å². The van der Waals surface area contributed by atoms with Crippen molar-refractivity contribution in [3.63, 3.8) is 0 Å². The van der Waals surface area contributed by atoms with Gasteiger partial charge in [0, 0.05) is 5.69 Å². The Morgan fingerprint density at radius 3 is 2.18 bits per heavy atom.